The molecule has 2 aromatic carbocycles. The van der Waals surface area contributed by atoms with E-state index in [-0.39, 0.29) is 27.9 Å². The first-order chi connectivity index (χ1) is 18.7. The van der Waals surface area contributed by atoms with E-state index in [1.165, 1.54) is 11.0 Å². The molecule has 0 aliphatic carbocycles. The van der Waals surface area contributed by atoms with E-state index in [4.69, 9.17) is 9.47 Å². The summed E-state index contributed by atoms with van der Waals surface area (Å²) in [4.78, 5) is 45.4. The van der Waals surface area contributed by atoms with Crippen LogP contribution in [0.3, 0.4) is 0 Å². The minimum atomic E-state index is -0.954. The first kappa shape index (κ1) is 27.8. The van der Waals surface area contributed by atoms with E-state index in [1.807, 2.05) is 32.9 Å². The third kappa shape index (κ3) is 5.49. The fourth-order valence-corrected chi connectivity index (χ4v) is 5.28. The molecule has 1 aliphatic rings. The van der Waals surface area contributed by atoms with Gasteiger partial charge < -0.3 is 14.6 Å². The summed E-state index contributed by atoms with van der Waals surface area (Å²) < 4.78 is 10.9. The lowest BCUT2D eigenvalue weighted by Crippen LogP contribution is -2.29. The largest absolute Gasteiger partial charge is 0.507 e. The Labute approximate surface area is 231 Å². The summed E-state index contributed by atoms with van der Waals surface area (Å²) in [5, 5.41) is 11.6. The Kier molecular flexibility index (Phi) is 8.30. The maximum atomic E-state index is 13.5. The van der Waals surface area contributed by atoms with Crippen LogP contribution in [0, 0.1) is 20.8 Å². The van der Waals surface area contributed by atoms with Crippen molar-refractivity contribution in [3.8, 4) is 5.75 Å². The van der Waals surface area contributed by atoms with Crippen LogP contribution >= 0.6 is 11.3 Å². The van der Waals surface area contributed by atoms with Gasteiger partial charge in [-0.2, -0.15) is 0 Å². The molecule has 1 fully saturated rings. The van der Waals surface area contributed by atoms with E-state index in [0.717, 1.165) is 28.9 Å². The van der Waals surface area contributed by atoms with Crippen LogP contribution in [0.2, 0.25) is 0 Å². The van der Waals surface area contributed by atoms with Gasteiger partial charge in [-0.3, -0.25) is 14.5 Å². The number of rotatable bonds is 9. The van der Waals surface area contributed by atoms with E-state index in [9.17, 15) is 19.5 Å². The van der Waals surface area contributed by atoms with Crippen LogP contribution in [0.5, 0.6) is 5.75 Å². The summed E-state index contributed by atoms with van der Waals surface area (Å²) >= 11 is 0.956. The van der Waals surface area contributed by atoms with Crippen molar-refractivity contribution in [2.45, 2.75) is 40.2 Å². The predicted molar refractivity (Wildman–Crippen MR) is 150 cm³/mol. The molecule has 2 heterocycles. The highest BCUT2D eigenvalue weighted by Gasteiger charge is 2.48. The Balaban J connectivity index is 1.85. The van der Waals surface area contributed by atoms with Gasteiger partial charge in [0.05, 0.1) is 23.9 Å². The number of aryl methyl sites for hydroxylation is 3. The number of aliphatic hydroxyl groups excluding tert-OH is 1. The highest BCUT2D eigenvalue weighted by molar-refractivity contribution is 7.17. The van der Waals surface area contributed by atoms with Crippen molar-refractivity contribution in [3.05, 3.63) is 93.5 Å². The zero-order chi connectivity index (χ0) is 28.3. The summed E-state index contributed by atoms with van der Waals surface area (Å²) in [6.07, 6.45) is 2.31. The quantitative estimate of drug-likeness (QED) is 0.118. The Morgan fingerprint density at radius 3 is 2.51 bits per heavy atom. The average molecular weight is 547 g/mol. The average Bonchev–Trinajstić information content (AvgIpc) is 3.43. The van der Waals surface area contributed by atoms with Gasteiger partial charge in [-0.25, -0.2) is 9.78 Å². The number of hydrogen-bond acceptors (Lipinski definition) is 8. The topological polar surface area (TPSA) is 106 Å². The molecule has 3 aromatic rings. The molecule has 0 bridgehead atoms. The van der Waals surface area contributed by atoms with Gasteiger partial charge in [0.1, 0.15) is 23.0 Å². The Bertz CT molecular complexity index is 1470. The zero-order valence-corrected chi connectivity index (χ0v) is 23.1. The maximum absolute atomic E-state index is 13.5. The van der Waals surface area contributed by atoms with Gasteiger partial charge in [0.25, 0.3) is 5.78 Å². The standard InChI is InChI=1S/C30H30N2O6S/c1-6-14-37-22-13-12-21(16-18(22)4)25(33)23-24(20-10-8-17(3)9-11-20)32(28(35)26(23)34)30-31-19(5)27(39-30)29(36)38-15-7-2/h7-13,16,24,33H,2,6,14-15H2,1,3-5H3/b25-23+. The van der Waals surface area contributed by atoms with Gasteiger partial charge >= 0.3 is 11.9 Å². The summed E-state index contributed by atoms with van der Waals surface area (Å²) in [5.74, 6) is -1.91. The van der Waals surface area contributed by atoms with Crippen LogP contribution < -0.4 is 9.64 Å². The summed E-state index contributed by atoms with van der Waals surface area (Å²) in [7, 11) is 0. The SMILES string of the molecule is C=CCOC(=O)c1sc(N2C(=O)C(=O)/C(=C(/O)c3ccc(OCCC)c(C)c3)C2c2ccc(C)cc2)nc1C. The normalized spacial score (nSPS) is 16.4. The lowest BCUT2D eigenvalue weighted by atomic mass is 9.94. The molecule has 1 aromatic heterocycles. The van der Waals surface area contributed by atoms with E-state index >= 15 is 0 Å². The van der Waals surface area contributed by atoms with Crippen LogP contribution in [0.1, 0.15) is 57.0 Å². The number of benzene rings is 2. The molecule has 9 heteroatoms. The minimum Gasteiger partial charge on any atom is -0.507 e. The second-order valence-electron chi connectivity index (χ2n) is 9.21. The highest BCUT2D eigenvalue weighted by atomic mass is 32.1. The minimum absolute atomic E-state index is 0.0288. The molecule has 1 N–H and O–H groups in total. The number of amides is 1. The van der Waals surface area contributed by atoms with Crippen molar-refractivity contribution in [2.75, 3.05) is 18.1 Å². The fourth-order valence-electron chi connectivity index (χ4n) is 4.29. The molecule has 8 nitrogen and oxygen atoms in total. The van der Waals surface area contributed by atoms with E-state index in [0.29, 0.717) is 29.2 Å². The molecule has 1 atom stereocenters. The summed E-state index contributed by atoms with van der Waals surface area (Å²) in [5.41, 5.74) is 3.08. The summed E-state index contributed by atoms with van der Waals surface area (Å²) in [6.45, 7) is 11.5. The van der Waals surface area contributed by atoms with Crippen molar-refractivity contribution < 1.29 is 29.0 Å². The number of hydrogen-bond donors (Lipinski definition) is 1. The van der Waals surface area contributed by atoms with Gasteiger partial charge in [0, 0.05) is 5.56 Å². The molecular weight excluding hydrogens is 516 g/mol. The first-order valence-electron chi connectivity index (χ1n) is 12.5. The van der Waals surface area contributed by atoms with Crippen LogP contribution in [0.4, 0.5) is 5.13 Å². The number of aromatic nitrogens is 1. The van der Waals surface area contributed by atoms with E-state index in [2.05, 4.69) is 11.6 Å². The monoisotopic (exact) mass is 546 g/mol. The fraction of sp³-hybridized carbons (Fsp3) is 0.267. The molecule has 1 aliphatic heterocycles. The molecule has 1 unspecified atom stereocenters. The molecule has 0 radical (unpaired) electrons. The lowest BCUT2D eigenvalue weighted by Gasteiger charge is -2.23. The maximum Gasteiger partial charge on any atom is 0.350 e. The van der Waals surface area contributed by atoms with Gasteiger partial charge in [-0.05, 0) is 56.5 Å². The number of aliphatic hydroxyl groups is 1. The van der Waals surface area contributed by atoms with Crippen molar-refractivity contribution >= 4 is 39.9 Å². The highest BCUT2D eigenvalue weighted by Crippen LogP contribution is 2.44. The van der Waals surface area contributed by atoms with Crippen LogP contribution in [0.15, 0.2) is 60.7 Å². The molecule has 4 rings (SSSR count). The molecule has 1 saturated heterocycles. The third-order valence-electron chi connectivity index (χ3n) is 6.26. The molecule has 202 valence electrons. The Hall–Kier alpha value is -4.24. The van der Waals surface area contributed by atoms with Crippen LogP contribution in [-0.4, -0.2) is 41.0 Å². The number of carbonyl (C=O) groups excluding carboxylic acids is 3. The third-order valence-corrected chi connectivity index (χ3v) is 7.39. The number of carbonyl (C=O) groups is 3. The Morgan fingerprint density at radius 2 is 1.87 bits per heavy atom. The van der Waals surface area contributed by atoms with Gasteiger partial charge in [-0.1, -0.05) is 60.7 Å². The number of ether oxygens (including phenoxy) is 2. The number of ketones is 1. The molecular formula is C30H30N2O6S. The number of nitrogens with zero attached hydrogens (tertiary/aromatic N) is 2. The van der Waals surface area contributed by atoms with Crippen molar-refractivity contribution in [3.63, 3.8) is 0 Å². The van der Waals surface area contributed by atoms with Crippen molar-refractivity contribution in [1.82, 2.24) is 4.98 Å². The number of esters is 1. The van der Waals surface area contributed by atoms with E-state index < -0.39 is 23.7 Å². The van der Waals surface area contributed by atoms with Gasteiger partial charge in [-0.15, -0.1) is 0 Å². The smallest absolute Gasteiger partial charge is 0.350 e. The van der Waals surface area contributed by atoms with Crippen molar-refractivity contribution in [2.24, 2.45) is 0 Å². The van der Waals surface area contributed by atoms with Crippen LogP contribution in [-0.2, 0) is 14.3 Å². The molecule has 0 saturated carbocycles. The molecule has 0 spiro atoms. The molecule has 39 heavy (non-hydrogen) atoms. The van der Waals surface area contributed by atoms with Gasteiger partial charge in [0.15, 0.2) is 5.13 Å². The number of Topliss-reactive ketones (excluding diaryl/α,β-unsaturated/α-hetero) is 1. The Morgan fingerprint density at radius 1 is 1.15 bits per heavy atom. The number of anilines is 1. The number of thiazole rings is 1. The second kappa shape index (κ2) is 11.7. The van der Waals surface area contributed by atoms with E-state index in [1.54, 1.807) is 37.3 Å². The van der Waals surface area contributed by atoms with Gasteiger partial charge in [0.2, 0.25) is 0 Å². The predicted octanol–water partition coefficient (Wildman–Crippen LogP) is 5.83. The zero-order valence-electron chi connectivity index (χ0n) is 22.3. The first-order valence-corrected chi connectivity index (χ1v) is 13.4. The van der Waals surface area contributed by atoms with Crippen molar-refractivity contribution in [1.29, 1.82) is 0 Å². The second-order valence-corrected chi connectivity index (χ2v) is 10.2. The van der Waals surface area contributed by atoms with Crippen LogP contribution in [0.25, 0.3) is 5.76 Å². The summed E-state index contributed by atoms with van der Waals surface area (Å²) in [6, 6.07) is 11.5. The molecule has 1 amide bonds. The lowest BCUT2D eigenvalue weighted by molar-refractivity contribution is -0.132.